The van der Waals surface area contributed by atoms with Crippen LogP contribution in [0.5, 0.6) is 0 Å². The molecule has 0 spiro atoms. The van der Waals surface area contributed by atoms with Gasteiger partial charge in [-0.2, -0.15) is 0 Å². The summed E-state index contributed by atoms with van der Waals surface area (Å²) in [6, 6.07) is 6.99. The third kappa shape index (κ3) is 4.20. The molecule has 2 atom stereocenters. The first-order chi connectivity index (χ1) is 13.4. The molecule has 1 aromatic carbocycles. The lowest BCUT2D eigenvalue weighted by Crippen LogP contribution is -2.36. The van der Waals surface area contributed by atoms with Crippen molar-refractivity contribution < 1.29 is 24.2 Å². The molecule has 0 saturated heterocycles. The van der Waals surface area contributed by atoms with Gasteiger partial charge in [-0.1, -0.05) is 36.6 Å². The van der Waals surface area contributed by atoms with Crippen LogP contribution in [0.2, 0.25) is 5.02 Å². The third-order valence-electron chi connectivity index (χ3n) is 4.99. The van der Waals surface area contributed by atoms with Crippen LogP contribution in [0.15, 0.2) is 29.6 Å². The Morgan fingerprint density at radius 1 is 1.14 bits per heavy atom. The third-order valence-corrected chi connectivity index (χ3v) is 6.14. The molecule has 148 valence electrons. The minimum Gasteiger partial charge on any atom is -0.481 e. The summed E-state index contributed by atoms with van der Waals surface area (Å²) in [4.78, 5) is 36.7. The zero-order valence-corrected chi connectivity index (χ0v) is 16.8. The van der Waals surface area contributed by atoms with Crippen molar-refractivity contribution in [1.82, 2.24) is 0 Å². The van der Waals surface area contributed by atoms with Crippen LogP contribution in [-0.2, 0) is 14.3 Å². The molecule has 0 unspecified atom stereocenters. The van der Waals surface area contributed by atoms with Gasteiger partial charge in [-0.25, -0.2) is 4.79 Å². The molecule has 1 fully saturated rings. The summed E-state index contributed by atoms with van der Waals surface area (Å²) in [5.41, 5.74) is 1.65. The zero-order valence-electron chi connectivity index (χ0n) is 15.2. The fourth-order valence-corrected chi connectivity index (χ4v) is 4.63. The average Bonchev–Trinajstić information content (AvgIpc) is 3.11. The molecule has 1 aliphatic rings. The maximum absolute atomic E-state index is 12.8. The van der Waals surface area contributed by atoms with E-state index < -0.39 is 23.8 Å². The van der Waals surface area contributed by atoms with Gasteiger partial charge >= 0.3 is 11.9 Å². The number of hydrogen-bond donors (Lipinski definition) is 2. The van der Waals surface area contributed by atoms with Crippen LogP contribution < -0.4 is 5.32 Å². The van der Waals surface area contributed by atoms with E-state index in [0.717, 1.165) is 18.4 Å². The lowest BCUT2D eigenvalue weighted by atomic mass is 9.79. The first-order valence-corrected chi connectivity index (χ1v) is 10.2. The van der Waals surface area contributed by atoms with Crippen molar-refractivity contribution in [2.75, 3.05) is 12.4 Å². The van der Waals surface area contributed by atoms with Crippen molar-refractivity contribution in [3.63, 3.8) is 0 Å². The van der Waals surface area contributed by atoms with Gasteiger partial charge in [-0.3, -0.25) is 9.59 Å². The number of rotatable bonds is 5. The SMILES string of the molecule is COC(=O)c1c(-c2ccc(Cl)cc2)csc1NC(=O)[C@H]1CCCC[C@H]1C(=O)O. The molecular weight excluding hydrogens is 402 g/mol. The van der Waals surface area contributed by atoms with Crippen LogP contribution in [0, 0.1) is 11.8 Å². The van der Waals surface area contributed by atoms with E-state index in [1.54, 1.807) is 29.6 Å². The number of aliphatic carboxylic acids is 1. The Kier molecular flexibility index (Phi) is 6.36. The van der Waals surface area contributed by atoms with Crippen molar-refractivity contribution in [1.29, 1.82) is 0 Å². The van der Waals surface area contributed by atoms with Gasteiger partial charge in [0.1, 0.15) is 10.6 Å². The van der Waals surface area contributed by atoms with Gasteiger partial charge < -0.3 is 15.2 Å². The van der Waals surface area contributed by atoms with Crippen LogP contribution in [0.25, 0.3) is 11.1 Å². The number of benzene rings is 1. The quantitative estimate of drug-likeness (QED) is 0.683. The van der Waals surface area contributed by atoms with Gasteiger partial charge in [-0.05, 0) is 30.5 Å². The Morgan fingerprint density at radius 2 is 1.79 bits per heavy atom. The minimum atomic E-state index is -0.957. The zero-order chi connectivity index (χ0) is 20.3. The van der Waals surface area contributed by atoms with Crippen molar-refractivity contribution in [2.45, 2.75) is 25.7 Å². The van der Waals surface area contributed by atoms with Crippen molar-refractivity contribution in [3.05, 3.63) is 40.2 Å². The molecule has 1 aliphatic carbocycles. The molecule has 8 heteroatoms. The second-order valence-corrected chi connectivity index (χ2v) is 7.99. The van der Waals surface area contributed by atoms with Crippen molar-refractivity contribution in [3.8, 4) is 11.1 Å². The minimum absolute atomic E-state index is 0.255. The van der Waals surface area contributed by atoms with Gasteiger partial charge in [0.2, 0.25) is 5.91 Å². The summed E-state index contributed by atoms with van der Waals surface area (Å²) in [6.07, 6.45) is 2.61. The van der Waals surface area contributed by atoms with Gasteiger partial charge in [0, 0.05) is 16.0 Å². The van der Waals surface area contributed by atoms with Crippen LogP contribution >= 0.6 is 22.9 Å². The number of amides is 1. The highest BCUT2D eigenvalue weighted by atomic mass is 35.5. The lowest BCUT2D eigenvalue weighted by Gasteiger charge is -2.27. The molecule has 0 bridgehead atoms. The van der Waals surface area contributed by atoms with Crippen molar-refractivity contribution in [2.24, 2.45) is 11.8 Å². The summed E-state index contributed by atoms with van der Waals surface area (Å²) >= 11 is 7.14. The summed E-state index contributed by atoms with van der Waals surface area (Å²) in [5.74, 6) is -3.22. The lowest BCUT2D eigenvalue weighted by molar-refractivity contribution is -0.147. The van der Waals surface area contributed by atoms with E-state index in [4.69, 9.17) is 16.3 Å². The summed E-state index contributed by atoms with van der Waals surface area (Å²) in [5, 5.41) is 14.9. The van der Waals surface area contributed by atoms with Crippen LogP contribution in [-0.4, -0.2) is 30.1 Å². The molecule has 28 heavy (non-hydrogen) atoms. The number of ether oxygens (including phenoxy) is 1. The number of nitrogens with one attached hydrogen (secondary N) is 1. The van der Waals surface area contributed by atoms with Crippen LogP contribution in [0.4, 0.5) is 5.00 Å². The molecule has 1 amide bonds. The number of hydrogen-bond acceptors (Lipinski definition) is 5. The second kappa shape index (κ2) is 8.75. The van der Waals surface area contributed by atoms with Gasteiger partial charge in [0.15, 0.2) is 0 Å². The average molecular weight is 422 g/mol. The largest absolute Gasteiger partial charge is 0.481 e. The standard InChI is InChI=1S/C20H20ClNO5S/c1-27-20(26)16-15(11-6-8-12(21)9-7-11)10-28-18(16)22-17(23)13-4-2-3-5-14(13)19(24)25/h6-10,13-14H,2-5H2,1H3,(H,22,23)(H,24,25)/t13-,14+/m0/s1. The maximum atomic E-state index is 12.8. The van der Waals surface area contributed by atoms with Gasteiger partial charge in [0.05, 0.1) is 18.9 Å². The number of anilines is 1. The molecule has 2 aromatic rings. The topological polar surface area (TPSA) is 92.7 Å². The number of carbonyl (C=O) groups is 3. The van der Waals surface area contributed by atoms with E-state index >= 15 is 0 Å². The number of carbonyl (C=O) groups excluding carboxylic acids is 2. The first-order valence-electron chi connectivity index (χ1n) is 8.91. The monoisotopic (exact) mass is 421 g/mol. The van der Waals surface area contributed by atoms with E-state index in [-0.39, 0.29) is 11.5 Å². The molecule has 0 aliphatic heterocycles. The number of halogens is 1. The maximum Gasteiger partial charge on any atom is 0.341 e. The number of methoxy groups -OCH3 is 1. The molecule has 1 heterocycles. The summed E-state index contributed by atoms with van der Waals surface area (Å²) in [7, 11) is 1.28. The Balaban J connectivity index is 1.91. The fourth-order valence-electron chi connectivity index (χ4n) is 3.54. The molecule has 6 nitrogen and oxygen atoms in total. The van der Waals surface area contributed by atoms with E-state index in [0.29, 0.717) is 28.4 Å². The predicted molar refractivity (Wildman–Crippen MR) is 108 cm³/mol. The highest BCUT2D eigenvalue weighted by Crippen LogP contribution is 2.38. The summed E-state index contributed by atoms with van der Waals surface area (Å²) < 4.78 is 4.90. The Bertz CT molecular complexity index is 893. The predicted octanol–water partition coefficient (Wildman–Crippen LogP) is 4.68. The molecule has 1 saturated carbocycles. The first kappa shape index (κ1) is 20.4. The highest BCUT2D eigenvalue weighted by Gasteiger charge is 2.36. The van der Waals surface area contributed by atoms with Crippen LogP contribution in [0.3, 0.4) is 0 Å². The van der Waals surface area contributed by atoms with E-state index in [2.05, 4.69) is 5.32 Å². The Hall–Kier alpha value is -2.38. The summed E-state index contributed by atoms with van der Waals surface area (Å²) in [6.45, 7) is 0. The second-order valence-electron chi connectivity index (χ2n) is 6.68. The van der Waals surface area contributed by atoms with Crippen molar-refractivity contribution >= 4 is 45.8 Å². The highest BCUT2D eigenvalue weighted by molar-refractivity contribution is 7.15. The van der Waals surface area contributed by atoms with Crippen LogP contribution in [0.1, 0.15) is 36.0 Å². The number of esters is 1. The number of thiophene rings is 1. The smallest absolute Gasteiger partial charge is 0.341 e. The number of carboxylic acids is 1. The molecule has 1 aromatic heterocycles. The molecule has 2 N–H and O–H groups in total. The van der Waals surface area contributed by atoms with Gasteiger partial charge in [0.25, 0.3) is 0 Å². The Morgan fingerprint density at radius 3 is 2.39 bits per heavy atom. The molecule has 0 radical (unpaired) electrons. The normalized spacial score (nSPS) is 19.1. The van der Waals surface area contributed by atoms with E-state index in [1.165, 1.54) is 18.4 Å². The van der Waals surface area contributed by atoms with E-state index in [1.807, 2.05) is 0 Å². The Labute approximate surface area is 171 Å². The molecule has 3 rings (SSSR count). The molecular formula is C20H20ClNO5S. The number of carboxylic acid groups (broad SMARTS) is 1. The van der Waals surface area contributed by atoms with E-state index in [9.17, 15) is 19.5 Å². The fraction of sp³-hybridized carbons (Fsp3) is 0.350. The van der Waals surface area contributed by atoms with Gasteiger partial charge in [-0.15, -0.1) is 11.3 Å².